The molecule has 26 heavy (non-hydrogen) atoms. The van der Waals surface area contributed by atoms with E-state index in [2.05, 4.69) is 15.6 Å². The van der Waals surface area contributed by atoms with Crippen LogP contribution in [0.2, 0.25) is 0 Å². The third-order valence-electron chi connectivity index (χ3n) is 4.80. The Morgan fingerprint density at radius 1 is 1.35 bits per heavy atom. The van der Waals surface area contributed by atoms with Gasteiger partial charge >= 0.3 is 0 Å². The average molecular weight is 352 g/mol. The Kier molecular flexibility index (Phi) is 4.08. The lowest BCUT2D eigenvalue weighted by molar-refractivity contribution is -0.116. The van der Waals surface area contributed by atoms with Gasteiger partial charge in [0.05, 0.1) is 24.4 Å². The van der Waals surface area contributed by atoms with Gasteiger partial charge in [0.1, 0.15) is 11.3 Å². The van der Waals surface area contributed by atoms with Gasteiger partial charge in [-0.15, -0.1) is 5.10 Å². The molecule has 1 aliphatic rings. The maximum atomic E-state index is 12.3. The van der Waals surface area contributed by atoms with Crippen LogP contribution in [0.15, 0.2) is 30.3 Å². The number of carbonyl (C=O) groups excluding carboxylic acids is 1. The summed E-state index contributed by atoms with van der Waals surface area (Å²) >= 11 is 0. The van der Waals surface area contributed by atoms with Gasteiger partial charge in [0.2, 0.25) is 5.91 Å². The third-order valence-corrected chi connectivity index (χ3v) is 4.80. The fraction of sp³-hybridized carbons (Fsp3) is 0.316. The fourth-order valence-electron chi connectivity index (χ4n) is 3.56. The molecular weight excluding hydrogens is 332 g/mol. The maximum Gasteiger partial charge on any atom is 0.225 e. The molecule has 2 heterocycles. The van der Waals surface area contributed by atoms with Crippen LogP contribution in [0, 0.1) is 0 Å². The van der Waals surface area contributed by atoms with Crippen LogP contribution < -0.4 is 10.1 Å². The number of benzene rings is 2. The first kappa shape index (κ1) is 16.5. The number of nitrogens with zero attached hydrogens (tertiary/aromatic N) is 3. The zero-order chi connectivity index (χ0) is 18.3. The monoisotopic (exact) mass is 352 g/mol. The largest absolute Gasteiger partial charge is 0.494 e. The van der Waals surface area contributed by atoms with Crippen molar-refractivity contribution in [2.45, 2.75) is 25.9 Å². The molecule has 0 fully saturated rings. The molecule has 4 rings (SSSR count). The Morgan fingerprint density at radius 2 is 2.19 bits per heavy atom. The lowest BCUT2D eigenvalue weighted by Crippen LogP contribution is -2.24. The number of hydrogen-bond donors (Lipinski definition) is 2. The van der Waals surface area contributed by atoms with Crippen molar-refractivity contribution < 1.29 is 14.6 Å². The summed E-state index contributed by atoms with van der Waals surface area (Å²) in [7, 11) is 1.82. The van der Waals surface area contributed by atoms with Gasteiger partial charge in [-0.3, -0.25) is 4.79 Å². The molecule has 0 saturated carbocycles. The number of aromatic nitrogens is 3. The van der Waals surface area contributed by atoms with Crippen molar-refractivity contribution in [2.24, 2.45) is 7.05 Å². The number of aliphatic hydroxyl groups excluding tert-OH is 1. The van der Waals surface area contributed by atoms with Crippen molar-refractivity contribution in [3.05, 3.63) is 47.0 Å². The molecule has 0 bridgehead atoms. The highest BCUT2D eigenvalue weighted by Crippen LogP contribution is 2.41. The molecular formula is C19H20N4O3. The molecule has 2 aromatic carbocycles. The quantitative estimate of drug-likeness (QED) is 0.752. The van der Waals surface area contributed by atoms with Crippen LogP contribution >= 0.6 is 0 Å². The van der Waals surface area contributed by atoms with E-state index in [4.69, 9.17) is 4.74 Å². The van der Waals surface area contributed by atoms with E-state index in [1.54, 1.807) is 4.68 Å². The van der Waals surface area contributed by atoms with E-state index >= 15 is 0 Å². The molecule has 0 saturated heterocycles. The number of nitrogens with one attached hydrogen (secondary N) is 1. The second-order valence-electron chi connectivity index (χ2n) is 6.37. The summed E-state index contributed by atoms with van der Waals surface area (Å²) in [5.41, 5.74) is 4.97. The van der Waals surface area contributed by atoms with E-state index in [1.165, 1.54) is 0 Å². The molecule has 1 aromatic heterocycles. The van der Waals surface area contributed by atoms with Crippen molar-refractivity contribution in [3.8, 4) is 5.75 Å². The Morgan fingerprint density at radius 3 is 2.96 bits per heavy atom. The Labute approximate surface area is 150 Å². The van der Waals surface area contributed by atoms with Crippen molar-refractivity contribution in [1.29, 1.82) is 0 Å². The van der Waals surface area contributed by atoms with Crippen molar-refractivity contribution in [3.63, 3.8) is 0 Å². The van der Waals surface area contributed by atoms with Crippen LogP contribution in [0.1, 0.15) is 36.0 Å². The Balaban J connectivity index is 1.84. The summed E-state index contributed by atoms with van der Waals surface area (Å²) in [6.07, 6.45) is 0.345. The second-order valence-corrected chi connectivity index (χ2v) is 6.37. The van der Waals surface area contributed by atoms with Gasteiger partial charge in [0.25, 0.3) is 0 Å². The van der Waals surface area contributed by atoms with Crippen LogP contribution in [0.4, 0.5) is 5.69 Å². The number of aliphatic hydroxyl groups is 1. The standard InChI is InChI=1S/C19H20N4O3/c1-3-26-16-7-4-11(8-12(16)10-24)14-9-17(25)20-18-13(14)5-6-15-19(18)21-22-23(15)2/h4-8,14,24H,3,9-10H2,1-2H3,(H,20,25). The minimum atomic E-state index is -0.113. The topological polar surface area (TPSA) is 89.3 Å². The van der Waals surface area contributed by atoms with Crippen molar-refractivity contribution >= 4 is 22.6 Å². The highest BCUT2D eigenvalue weighted by molar-refractivity contribution is 6.03. The zero-order valence-electron chi connectivity index (χ0n) is 14.7. The fourth-order valence-corrected chi connectivity index (χ4v) is 3.56. The molecule has 1 amide bonds. The van der Waals surface area contributed by atoms with E-state index in [-0.39, 0.29) is 18.4 Å². The van der Waals surface area contributed by atoms with Crippen LogP contribution in [-0.2, 0) is 18.4 Å². The predicted octanol–water partition coefficient (Wildman–Crippen LogP) is 2.33. The summed E-state index contributed by atoms with van der Waals surface area (Å²) in [6, 6.07) is 9.72. The van der Waals surface area contributed by atoms with E-state index < -0.39 is 0 Å². The number of anilines is 1. The van der Waals surface area contributed by atoms with Gasteiger partial charge in [-0.2, -0.15) is 0 Å². The van der Waals surface area contributed by atoms with Gasteiger partial charge in [-0.1, -0.05) is 17.3 Å². The van der Waals surface area contributed by atoms with Crippen LogP contribution in [0.25, 0.3) is 11.0 Å². The number of aryl methyl sites for hydroxylation is 1. The van der Waals surface area contributed by atoms with E-state index in [1.807, 2.05) is 44.3 Å². The van der Waals surface area contributed by atoms with Crippen molar-refractivity contribution in [1.82, 2.24) is 15.0 Å². The molecule has 0 radical (unpaired) electrons. The normalized spacial score (nSPS) is 16.4. The first-order valence-corrected chi connectivity index (χ1v) is 8.61. The summed E-state index contributed by atoms with van der Waals surface area (Å²) < 4.78 is 7.25. The van der Waals surface area contributed by atoms with Gasteiger partial charge < -0.3 is 15.2 Å². The lowest BCUT2D eigenvalue weighted by atomic mass is 9.84. The summed E-state index contributed by atoms with van der Waals surface area (Å²) in [6.45, 7) is 2.33. The second kappa shape index (κ2) is 6.42. The van der Waals surface area contributed by atoms with E-state index in [0.717, 1.165) is 27.9 Å². The van der Waals surface area contributed by atoms with Gasteiger partial charge in [0.15, 0.2) is 0 Å². The summed E-state index contributed by atoms with van der Waals surface area (Å²) in [5, 5.41) is 20.9. The summed E-state index contributed by atoms with van der Waals surface area (Å²) in [4.78, 5) is 12.3. The molecule has 1 unspecified atom stereocenters. The number of hydrogen-bond acceptors (Lipinski definition) is 5. The SMILES string of the molecule is CCOc1ccc(C2CC(=O)Nc3c2ccc2c3nnn2C)cc1CO. The first-order valence-electron chi connectivity index (χ1n) is 8.61. The van der Waals surface area contributed by atoms with Gasteiger partial charge in [-0.25, -0.2) is 4.68 Å². The smallest absolute Gasteiger partial charge is 0.225 e. The summed E-state index contributed by atoms with van der Waals surface area (Å²) in [5.74, 6) is 0.509. The van der Waals surface area contributed by atoms with Gasteiger partial charge in [0, 0.05) is 24.9 Å². The maximum absolute atomic E-state index is 12.3. The number of amides is 1. The van der Waals surface area contributed by atoms with Crippen LogP contribution in [-0.4, -0.2) is 32.6 Å². The average Bonchev–Trinajstić information content (AvgIpc) is 3.03. The van der Waals surface area contributed by atoms with E-state index in [0.29, 0.717) is 24.3 Å². The third kappa shape index (κ3) is 2.61. The highest BCUT2D eigenvalue weighted by Gasteiger charge is 2.29. The number of rotatable bonds is 4. The Bertz CT molecular complexity index is 996. The number of ether oxygens (including phenoxy) is 1. The first-order chi connectivity index (χ1) is 12.6. The zero-order valence-corrected chi connectivity index (χ0v) is 14.7. The minimum Gasteiger partial charge on any atom is -0.494 e. The number of fused-ring (bicyclic) bond motifs is 3. The molecule has 7 heteroatoms. The molecule has 1 atom stereocenters. The molecule has 1 aliphatic heterocycles. The number of carbonyl (C=O) groups is 1. The van der Waals surface area contributed by atoms with Gasteiger partial charge in [-0.05, 0) is 36.2 Å². The molecule has 2 N–H and O–H groups in total. The highest BCUT2D eigenvalue weighted by atomic mass is 16.5. The predicted molar refractivity (Wildman–Crippen MR) is 97.1 cm³/mol. The van der Waals surface area contributed by atoms with Crippen molar-refractivity contribution in [2.75, 3.05) is 11.9 Å². The molecule has 7 nitrogen and oxygen atoms in total. The molecule has 0 spiro atoms. The Hall–Kier alpha value is -2.93. The van der Waals surface area contributed by atoms with Crippen LogP contribution in [0.5, 0.6) is 5.75 Å². The molecule has 3 aromatic rings. The molecule has 0 aliphatic carbocycles. The van der Waals surface area contributed by atoms with E-state index in [9.17, 15) is 9.90 Å². The lowest BCUT2D eigenvalue weighted by Gasteiger charge is -2.26. The molecule has 134 valence electrons. The van der Waals surface area contributed by atoms with Crippen LogP contribution in [0.3, 0.4) is 0 Å². The minimum absolute atomic E-state index is 0.0555.